The maximum absolute atomic E-state index is 13.5. The monoisotopic (exact) mass is 460 g/mol. The minimum Gasteiger partial charge on any atom is -0.422 e. The Labute approximate surface area is 194 Å². The molecule has 0 spiro atoms. The SMILES string of the molecule is O=C(c1cc2ccccc2oc1=O)N1CCN(C(c2ccc(F)cc2)c2ccc(F)cc2)CC1. The van der Waals surface area contributed by atoms with Gasteiger partial charge in [0, 0.05) is 31.6 Å². The second-order valence-corrected chi connectivity index (χ2v) is 8.32. The summed E-state index contributed by atoms with van der Waals surface area (Å²) in [6, 6.07) is 21.0. The molecule has 1 amide bonds. The average Bonchev–Trinajstić information content (AvgIpc) is 2.86. The zero-order chi connectivity index (χ0) is 23.7. The molecule has 34 heavy (non-hydrogen) atoms. The van der Waals surface area contributed by atoms with E-state index in [2.05, 4.69) is 4.90 Å². The second kappa shape index (κ2) is 9.19. The highest BCUT2D eigenvalue weighted by atomic mass is 19.1. The second-order valence-electron chi connectivity index (χ2n) is 8.32. The Balaban J connectivity index is 1.37. The van der Waals surface area contributed by atoms with Gasteiger partial charge in [0.25, 0.3) is 5.91 Å². The lowest BCUT2D eigenvalue weighted by atomic mass is 9.96. The van der Waals surface area contributed by atoms with E-state index >= 15 is 0 Å². The largest absolute Gasteiger partial charge is 0.422 e. The molecular formula is C27H22F2N2O3. The van der Waals surface area contributed by atoms with E-state index in [0.29, 0.717) is 37.1 Å². The van der Waals surface area contributed by atoms with Gasteiger partial charge in [0.2, 0.25) is 0 Å². The van der Waals surface area contributed by atoms with Crippen LogP contribution in [0.3, 0.4) is 0 Å². The van der Waals surface area contributed by atoms with Gasteiger partial charge in [-0.15, -0.1) is 0 Å². The number of amides is 1. The molecule has 0 radical (unpaired) electrons. The molecule has 3 aromatic carbocycles. The minimum atomic E-state index is -0.651. The fourth-order valence-electron chi connectivity index (χ4n) is 4.47. The van der Waals surface area contributed by atoms with E-state index in [1.54, 1.807) is 53.4 Å². The zero-order valence-electron chi connectivity index (χ0n) is 18.3. The van der Waals surface area contributed by atoms with Crippen molar-refractivity contribution in [1.29, 1.82) is 0 Å². The lowest BCUT2D eigenvalue weighted by Gasteiger charge is -2.39. The Hall–Kier alpha value is -3.84. The van der Waals surface area contributed by atoms with E-state index in [1.807, 2.05) is 6.07 Å². The molecule has 0 atom stereocenters. The number of fused-ring (bicyclic) bond motifs is 1. The van der Waals surface area contributed by atoms with Crippen LogP contribution in [-0.2, 0) is 0 Å². The van der Waals surface area contributed by atoms with Crippen LogP contribution in [0.5, 0.6) is 0 Å². The highest BCUT2D eigenvalue weighted by molar-refractivity contribution is 5.96. The normalized spacial score (nSPS) is 14.6. The fourth-order valence-corrected chi connectivity index (χ4v) is 4.47. The van der Waals surface area contributed by atoms with E-state index in [9.17, 15) is 18.4 Å². The molecule has 0 aliphatic carbocycles. The molecule has 4 aromatic rings. The summed E-state index contributed by atoms with van der Waals surface area (Å²) in [5.74, 6) is -1.02. The summed E-state index contributed by atoms with van der Waals surface area (Å²) in [4.78, 5) is 29.4. The van der Waals surface area contributed by atoms with Gasteiger partial charge >= 0.3 is 5.63 Å². The van der Waals surface area contributed by atoms with Crippen LogP contribution in [0.4, 0.5) is 8.78 Å². The maximum atomic E-state index is 13.5. The smallest absolute Gasteiger partial charge is 0.349 e. The molecule has 7 heteroatoms. The predicted octanol–water partition coefficient (Wildman–Crippen LogP) is 4.62. The van der Waals surface area contributed by atoms with Gasteiger partial charge in [-0.05, 0) is 47.5 Å². The maximum Gasteiger partial charge on any atom is 0.349 e. The molecule has 5 nitrogen and oxygen atoms in total. The first kappa shape index (κ1) is 22.0. The zero-order valence-corrected chi connectivity index (χ0v) is 18.3. The molecule has 1 saturated heterocycles. The minimum absolute atomic E-state index is 0.0146. The van der Waals surface area contributed by atoms with Crippen molar-refractivity contribution in [3.05, 3.63) is 118 Å². The summed E-state index contributed by atoms with van der Waals surface area (Å²) < 4.78 is 32.4. The standard InChI is InChI=1S/C27H22F2N2O3/c28-21-9-5-18(6-10-21)25(19-7-11-22(29)12-8-19)30-13-15-31(16-14-30)26(32)23-17-20-3-1-2-4-24(20)34-27(23)33/h1-12,17,25H,13-16H2. The molecule has 0 N–H and O–H groups in total. The van der Waals surface area contributed by atoms with Gasteiger partial charge < -0.3 is 9.32 Å². The van der Waals surface area contributed by atoms with Crippen molar-refractivity contribution in [2.75, 3.05) is 26.2 Å². The topological polar surface area (TPSA) is 53.8 Å². The van der Waals surface area contributed by atoms with Crippen LogP contribution >= 0.6 is 0 Å². The van der Waals surface area contributed by atoms with Crippen molar-refractivity contribution in [1.82, 2.24) is 9.80 Å². The predicted molar refractivity (Wildman–Crippen MR) is 125 cm³/mol. The van der Waals surface area contributed by atoms with E-state index in [4.69, 9.17) is 4.42 Å². The number of para-hydroxylation sites is 1. The Morgan fingerprint density at radius 3 is 1.94 bits per heavy atom. The molecule has 0 saturated carbocycles. The van der Waals surface area contributed by atoms with E-state index < -0.39 is 5.63 Å². The number of halogens is 2. The summed E-state index contributed by atoms with van der Waals surface area (Å²) in [6.45, 7) is 1.88. The molecule has 2 heterocycles. The third-order valence-corrected chi connectivity index (χ3v) is 6.21. The van der Waals surface area contributed by atoms with Gasteiger partial charge in [0.15, 0.2) is 0 Å². The molecule has 1 aliphatic rings. The molecule has 1 fully saturated rings. The van der Waals surface area contributed by atoms with Crippen LogP contribution in [0.25, 0.3) is 11.0 Å². The molecule has 0 unspecified atom stereocenters. The first-order valence-corrected chi connectivity index (χ1v) is 11.1. The Kier molecular flexibility index (Phi) is 5.94. The fraction of sp³-hybridized carbons (Fsp3) is 0.185. The summed E-state index contributed by atoms with van der Waals surface area (Å²) in [5.41, 5.74) is 1.56. The summed E-state index contributed by atoms with van der Waals surface area (Å²) in [7, 11) is 0. The highest BCUT2D eigenvalue weighted by Crippen LogP contribution is 2.30. The van der Waals surface area contributed by atoms with E-state index in [-0.39, 0.29) is 29.1 Å². The van der Waals surface area contributed by atoms with Crippen LogP contribution in [0, 0.1) is 11.6 Å². The number of nitrogens with zero attached hydrogens (tertiary/aromatic N) is 2. The van der Waals surface area contributed by atoms with Gasteiger partial charge in [-0.25, -0.2) is 13.6 Å². The van der Waals surface area contributed by atoms with Crippen molar-refractivity contribution in [2.45, 2.75) is 6.04 Å². The van der Waals surface area contributed by atoms with Crippen LogP contribution in [0.15, 0.2) is 88.1 Å². The summed E-state index contributed by atoms with van der Waals surface area (Å²) in [5, 5.41) is 0.691. The van der Waals surface area contributed by atoms with Gasteiger partial charge in [0.1, 0.15) is 22.8 Å². The van der Waals surface area contributed by atoms with Crippen molar-refractivity contribution in [2.24, 2.45) is 0 Å². The number of hydrogen-bond acceptors (Lipinski definition) is 4. The number of piperazine rings is 1. The lowest BCUT2D eigenvalue weighted by Crippen LogP contribution is -2.50. The number of carbonyl (C=O) groups is 1. The van der Waals surface area contributed by atoms with Crippen LogP contribution in [0.1, 0.15) is 27.5 Å². The molecule has 1 aliphatic heterocycles. The third-order valence-electron chi connectivity index (χ3n) is 6.21. The first-order valence-electron chi connectivity index (χ1n) is 11.1. The van der Waals surface area contributed by atoms with Gasteiger partial charge in [-0.1, -0.05) is 42.5 Å². The van der Waals surface area contributed by atoms with Crippen LogP contribution < -0.4 is 5.63 Å². The van der Waals surface area contributed by atoms with Crippen molar-refractivity contribution >= 4 is 16.9 Å². The summed E-state index contributed by atoms with van der Waals surface area (Å²) in [6.07, 6.45) is 0. The highest BCUT2D eigenvalue weighted by Gasteiger charge is 2.30. The molecule has 1 aromatic heterocycles. The third kappa shape index (κ3) is 4.34. The quantitative estimate of drug-likeness (QED) is 0.417. The molecule has 0 bridgehead atoms. The van der Waals surface area contributed by atoms with Crippen molar-refractivity contribution in [3.8, 4) is 0 Å². The van der Waals surface area contributed by atoms with Gasteiger partial charge in [-0.3, -0.25) is 9.69 Å². The number of carbonyl (C=O) groups excluding carboxylic acids is 1. The number of hydrogen-bond donors (Lipinski definition) is 0. The van der Waals surface area contributed by atoms with Gasteiger partial charge in [0.05, 0.1) is 6.04 Å². The van der Waals surface area contributed by atoms with Crippen LogP contribution in [0.2, 0.25) is 0 Å². The van der Waals surface area contributed by atoms with Crippen LogP contribution in [-0.4, -0.2) is 41.9 Å². The average molecular weight is 460 g/mol. The number of rotatable bonds is 4. The van der Waals surface area contributed by atoms with Crippen molar-refractivity contribution < 1.29 is 18.0 Å². The van der Waals surface area contributed by atoms with E-state index in [0.717, 1.165) is 11.1 Å². The Bertz CT molecular complexity index is 1330. The van der Waals surface area contributed by atoms with Gasteiger partial charge in [-0.2, -0.15) is 0 Å². The van der Waals surface area contributed by atoms with E-state index in [1.165, 1.54) is 24.3 Å². The lowest BCUT2D eigenvalue weighted by molar-refractivity contribution is 0.0593. The Morgan fingerprint density at radius 1 is 0.794 bits per heavy atom. The molecule has 5 rings (SSSR count). The molecular weight excluding hydrogens is 438 g/mol. The van der Waals surface area contributed by atoms with Crippen molar-refractivity contribution in [3.63, 3.8) is 0 Å². The Morgan fingerprint density at radius 2 is 1.35 bits per heavy atom. The summed E-state index contributed by atoms with van der Waals surface area (Å²) >= 11 is 0. The first-order chi connectivity index (χ1) is 16.5. The molecule has 172 valence electrons. The number of benzene rings is 3.